The third-order valence-corrected chi connectivity index (χ3v) is 1.17. The molecule has 0 amide bonds. The van der Waals surface area contributed by atoms with Gasteiger partial charge in [0, 0.05) is 6.54 Å². The molecule has 6 heteroatoms. The van der Waals surface area contributed by atoms with E-state index in [9.17, 15) is 4.39 Å². The van der Waals surface area contributed by atoms with Crippen molar-refractivity contribution in [2.75, 3.05) is 24.2 Å². The third kappa shape index (κ3) is 2.03. The van der Waals surface area contributed by atoms with E-state index >= 15 is 0 Å². The molecule has 1 heterocycles. The van der Waals surface area contributed by atoms with E-state index in [2.05, 4.69) is 15.3 Å². The van der Waals surface area contributed by atoms with Gasteiger partial charge < -0.3 is 16.2 Å². The van der Waals surface area contributed by atoms with Crippen LogP contribution in [0, 0.1) is 5.82 Å². The molecule has 1 aromatic heterocycles. The number of halogens is 1. The van der Waals surface area contributed by atoms with Gasteiger partial charge in [-0.25, -0.2) is 9.37 Å². The number of nitrogens with zero attached hydrogens (tertiary/aromatic N) is 2. The van der Waals surface area contributed by atoms with E-state index < -0.39 is 5.82 Å². The normalized spacial score (nSPS) is 9.83. The van der Waals surface area contributed by atoms with Crippen molar-refractivity contribution in [3.63, 3.8) is 0 Å². The van der Waals surface area contributed by atoms with Crippen LogP contribution in [0.3, 0.4) is 0 Å². The molecule has 0 aliphatic rings. The molecule has 1 aromatic rings. The second-order valence-electron chi connectivity index (χ2n) is 2.08. The van der Waals surface area contributed by atoms with Crippen LogP contribution in [0.2, 0.25) is 0 Å². The highest BCUT2D eigenvalue weighted by molar-refractivity contribution is 5.38. The standard InChI is InChI=1S/C6H9FN4O/c7-4-3-10-6(8)11-5(4)9-1-2-12/h3,12H,1-2H2,(H3,8,9,10,11). The summed E-state index contributed by atoms with van der Waals surface area (Å²) in [6, 6.07) is 0. The summed E-state index contributed by atoms with van der Waals surface area (Å²) in [5.74, 6) is -0.578. The Morgan fingerprint density at radius 2 is 2.42 bits per heavy atom. The number of nitrogens with two attached hydrogens (primary N) is 1. The lowest BCUT2D eigenvalue weighted by Gasteiger charge is -2.03. The molecule has 0 fully saturated rings. The van der Waals surface area contributed by atoms with Crippen LogP contribution in [0.5, 0.6) is 0 Å². The maximum atomic E-state index is 12.8. The summed E-state index contributed by atoms with van der Waals surface area (Å²) in [4.78, 5) is 7.02. The quantitative estimate of drug-likeness (QED) is 0.577. The fourth-order valence-corrected chi connectivity index (χ4v) is 0.679. The van der Waals surface area contributed by atoms with Crippen molar-refractivity contribution in [2.45, 2.75) is 0 Å². The van der Waals surface area contributed by atoms with Crippen molar-refractivity contribution in [3.8, 4) is 0 Å². The Bertz CT molecular complexity index is 268. The molecule has 12 heavy (non-hydrogen) atoms. The lowest BCUT2D eigenvalue weighted by atomic mass is 10.5. The van der Waals surface area contributed by atoms with Crippen LogP contribution in [-0.2, 0) is 0 Å². The first-order chi connectivity index (χ1) is 5.74. The van der Waals surface area contributed by atoms with Gasteiger partial charge in [-0.3, -0.25) is 0 Å². The van der Waals surface area contributed by atoms with Crippen LogP contribution in [0.1, 0.15) is 0 Å². The highest BCUT2D eigenvalue weighted by atomic mass is 19.1. The summed E-state index contributed by atoms with van der Waals surface area (Å²) in [6.07, 6.45) is 0.974. The number of hydrogen-bond acceptors (Lipinski definition) is 5. The van der Waals surface area contributed by atoms with Gasteiger partial charge in [0.1, 0.15) is 0 Å². The van der Waals surface area contributed by atoms with Crippen molar-refractivity contribution >= 4 is 11.8 Å². The van der Waals surface area contributed by atoms with Crippen LogP contribution < -0.4 is 11.1 Å². The van der Waals surface area contributed by atoms with E-state index in [1.807, 2.05) is 0 Å². The molecule has 0 atom stereocenters. The van der Waals surface area contributed by atoms with Crippen LogP contribution in [0.4, 0.5) is 16.2 Å². The third-order valence-electron chi connectivity index (χ3n) is 1.17. The number of nitrogens with one attached hydrogen (secondary N) is 1. The van der Waals surface area contributed by atoms with Gasteiger partial charge in [-0.1, -0.05) is 0 Å². The molecule has 5 nitrogen and oxygen atoms in total. The van der Waals surface area contributed by atoms with Gasteiger partial charge in [0.25, 0.3) is 0 Å². The lowest BCUT2D eigenvalue weighted by molar-refractivity contribution is 0.310. The maximum absolute atomic E-state index is 12.8. The SMILES string of the molecule is Nc1ncc(F)c(NCCO)n1. The average molecular weight is 172 g/mol. The highest BCUT2D eigenvalue weighted by Crippen LogP contribution is 2.08. The number of aliphatic hydroxyl groups excluding tert-OH is 1. The van der Waals surface area contributed by atoms with Gasteiger partial charge in [-0.15, -0.1) is 0 Å². The first-order valence-electron chi connectivity index (χ1n) is 3.37. The molecule has 4 N–H and O–H groups in total. The van der Waals surface area contributed by atoms with E-state index in [0.29, 0.717) is 0 Å². The van der Waals surface area contributed by atoms with E-state index in [0.717, 1.165) is 6.20 Å². The molecule has 0 radical (unpaired) electrons. The van der Waals surface area contributed by atoms with Crippen LogP contribution in [0.25, 0.3) is 0 Å². The fourth-order valence-electron chi connectivity index (χ4n) is 0.679. The predicted octanol–water partition coefficient (Wildman–Crippen LogP) is -0.398. The average Bonchev–Trinajstić information content (AvgIpc) is 2.07. The van der Waals surface area contributed by atoms with E-state index in [1.165, 1.54) is 0 Å². The molecule has 0 saturated heterocycles. The van der Waals surface area contributed by atoms with Gasteiger partial charge in [-0.05, 0) is 0 Å². The highest BCUT2D eigenvalue weighted by Gasteiger charge is 2.02. The number of rotatable bonds is 3. The Labute approximate surface area is 68.5 Å². The predicted molar refractivity (Wildman–Crippen MR) is 42.0 cm³/mol. The summed E-state index contributed by atoms with van der Waals surface area (Å²) in [5.41, 5.74) is 5.21. The minimum Gasteiger partial charge on any atom is -0.395 e. The molecular weight excluding hydrogens is 163 g/mol. The van der Waals surface area contributed by atoms with Gasteiger partial charge in [0.15, 0.2) is 11.6 Å². The second kappa shape index (κ2) is 3.82. The lowest BCUT2D eigenvalue weighted by Crippen LogP contribution is -2.10. The van der Waals surface area contributed by atoms with Crippen LogP contribution in [-0.4, -0.2) is 28.2 Å². The summed E-state index contributed by atoms with van der Waals surface area (Å²) >= 11 is 0. The Morgan fingerprint density at radius 3 is 3.08 bits per heavy atom. The van der Waals surface area contributed by atoms with Crippen molar-refractivity contribution in [2.24, 2.45) is 0 Å². The Balaban J connectivity index is 2.75. The molecule has 0 bridgehead atoms. The summed E-state index contributed by atoms with van der Waals surface area (Å²) in [6.45, 7) is 0.136. The number of aliphatic hydroxyl groups is 1. The first-order valence-corrected chi connectivity index (χ1v) is 3.37. The molecule has 0 unspecified atom stereocenters. The van der Waals surface area contributed by atoms with Crippen LogP contribution >= 0.6 is 0 Å². The van der Waals surface area contributed by atoms with Crippen molar-refractivity contribution in [1.29, 1.82) is 0 Å². The van der Waals surface area contributed by atoms with Crippen LogP contribution in [0.15, 0.2) is 6.20 Å². The molecule has 0 spiro atoms. The summed E-state index contributed by atoms with van der Waals surface area (Å²) in [5, 5.41) is 11.0. The van der Waals surface area contributed by atoms with E-state index in [-0.39, 0.29) is 24.9 Å². The molecule has 1 rings (SSSR count). The maximum Gasteiger partial charge on any atom is 0.222 e. The minimum absolute atomic E-state index is 0.00293. The Kier molecular flexibility index (Phi) is 2.76. The zero-order chi connectivity index (χ0) is 8.97. The van der Waals surface area contributed by atoms with Gasteiger partial charge in [0.05, 0.1) is 12.8 Å². The zero-order valence-electron chi connectivity index (χ0n) is 6.29. The summed E-state index contributed by atoms with van der Waals surface area (Å²) < 4.78 is 12.8. The molecule has 66 valence electrons. The molecule has 0 aliphatic carbocycles. The Morgan fingerprint density at radius 1 is 1.67 bits per heavy atom. The molecule has 0 aliphatic heterocycles. The van der Waals surface area contributed by atoms with Crippen molar-refractivity contribution in [3.05, 3.63) is 12.0 Å². The number of hydrogen-bond donors (Lipinski definition) is 3. The molecule has 0 saturated carbocycles. The minimum atomic E-state index is -0.586. The number of aromatic nitrogens is 2. The smallest absolute Gasteiger partial charge is 0.222 e. The first kappa shape index (κ1) is 8.66. The topological polar surface area (TPSA) is 84.1 Å². The second-order valence-corrected chi connectivity index (χ2v) is 2.08. The van der Waals surface area contributed by atoms with E-state index in [1.54, 1.807) is 0 Å². The van der Waals surface area contributed by atoms with Crippen molar-refractivity contribution < 1.29 is 9.50 Å². The van der Waals surface area contributed by atoms with Crippen molar-refractivity contribution in [1.82, 2.24) is 9.97 Å². The number of anilines is 2. The van der Waals surface area contributed by atoms with Gasteiger partial charge in [0.2, 0.25) is 5.95 Å². The molecule has 0 aromatic carbocycles. The van der Waals surface area contributed by atoms with Gasteiger partial charge in [-0.2, -0.15) is 4.98 Å². The molecular formula is C6H9FN4O. The fraction of sp³-hybridized carbons (Fsp3) is 0.333. The van der Waals surface area contributed by atoms with Gasteiger partial charge >= 0.3 is 0 Å². The monoisotopic (exact) mass is 172 g/mol. The largest absolute Gasteiger partial charge is 0.395 e. The summed E-state index contributed by atoms with van der Waals surface area (Å²) in [7, 11) is 0. The Hall–Kier alpha value is -1.43. The van der Waals surface area contributed by atoms with E-state index in [4.69, 9.17) is 10.8 Å². The zero-order valence-corrected chi connectivity index (χ0v) is 6.29. The number of nitrogen functional groups attached to an aromatic ring is 1.